The molecule has 2 aliphatic heterocycles. The molecule has 0 aromatic carbocycles. The van der Waals surface area contributed by atoms with Crippen LogP contribution in [0.25, 0.3) is 0 Å². The van der Waals surface area contributed by atoms with Gasteiger partial charge in [-0.05, 0) is 32.9 Å². The number of aromatic nitrogens is 3. The molecule has 0 N–H and O–H groups in total. The Kier molecular flexibility index (Phi) is 3.97. The molecule has 1 atom stereocenters. The van der Waals surface area contributed by atoms with Gasteiger partial charge in [0.25, 0.3) is 0 Å². The third kappa shape index (κ3) is 3.26. The van der Waals surface area contributed by atoms with Gasteiger partial charge in [0, 0.05) is 44.9 Å². The Morgan fingerprint density at radius 1 is 1.29 bits per heavy atom. The molecule has 2 fully saturated rings. The van der Waals surface area contributed by atoms with E-state index in [1.54, 1.807) is 18.0 Å². The molecule has 2 saturated heterocycles. The lowest BCUT2D eigenvalue weighted by Gasteiger charge is -2.38. The van der Waals surface area contributed by atoms with Gasteiger partial charge in [0.2, 0.25) is 5.91 Å². The zero-order valence-corrected chi connectivity index (χ0v) is 13.1. The Morgan fingerprint density at radius 3 is 2.86 bits per heavy atom. The van der Waals surface area contributed by atoms with Crippen molar-refractivity contribution < 1.29 is 4.79 Å². The molecule has 0 bridgehead atoms. The summed E-state index contributed by atoms with van der Waals surface area (Å²) in [5.41, 5.74) is 1.26. The van der Waals surface area contributed by atoms with E-state index in [9.17, 15) is 4.79 Å². The van der Waals surface area contributed by atoms with Gasteiger partial charge in [-0.1, -0.05) is 0 Å². The van der Waals surface area contributed by atoms with Gasteiger partial charge in [0.1, 0.15) is 0 Å². The molecule has 1 amide bonds. The quantitative estimate of drug-likeness (QED) is 0.822. The average molecular weight is 291 g/mol. The van der Waals surface area contributed by atoms with Crippen molar-refractivity contribution in [3.05, 3.63) is 11.9 Å². The summed E-state index contributed by atoms with van der Waals surface area (Å²) in [7, 11) is 3.99. The summed E-state index contributed by atoms with van der Waals surface area (Å²) in [6.07, 6.45) is 6.67. The van der Waals surface area contributed by atoms with Crippen LogP contribution in [0.15, 0.2) is 6.20 Å². The van der Waals surface area contributed by atoms with E-state index in [1.165, 1.54) is 19.4 Å². The molecule has 1 spiro atoms. The van der Waals surface area contributed by atoms with Crippen molar-refractivity contribution in [1.82, 2.24) is 24.8 Å². The van der Waals surface area contributed by atoms with Crippen LogP contribution in [0.1, 0.15) is 31.4 Å². The first-order valence-corrected chi connectivity index (χ1v) is 7.88. The Balaban J connectivity index is 1.52. The van der Waals surface area contributed by atoms with Crippen LogP contribution in [0.2, 0.25) is 0 Å². The smallest absolute Gasteiger partial charge is 0.222 e. The fraction of sp³-hybridized carbons (Fsp3) is 0.800. The zero-order chi connectivity index (χ0) is 14.9. The summed E-state index contributed by atoms with van der Waals surface area (Å²) in [6, 6.07) is 0. The number of carbonyl (C=O) groups excluding carboxylic acids is 1. The molecule has 21 heavy (non-hydrogen) atoms. The van der Waals surface area contributed by atoms with Crippen molar-refractivity contribution in [2.45, 2.75) is 32.1 Å². The Hall–Kier alpha value is -1.43. The summed E-state index contributed by atoms with van der Waals surface area (Å²) in [4.78, 5) is 18.4. The van der Waals surface area contributed by atoms with E-state index in [2.05, 4.69) is 27.0 Å². The first kappa shape index (κ1) is 14.5. The molecule has 1 aromatic heterocycles. The van der Waals surface area contributed by atoms with Gasteiger partial charge < -0.3 is 9.80 Å². The van der Waals surface area contributed by atoms with Crippen LogP contribution in [-0.4, -0.2) is 63.9 Å². The summed E-state index contributed by atoms with van der Waals surface area (Å²) in [5.74, 6) is 0.269. The molecule has 0 radical (unpaired) electrons. The molecule has 2 aliphatic rings. The van der Waals surface area contributed by atoms with Gasteiger partial charge in [0.15, 0.2) is 0 Å². The minimum absolute atomic E-state index is 0.269. The maximum Gasteiger partial charge on any atom is 0.222 e. The fourth-order valence-electron chi connectivity index (χ4n) is 3.83. The van der Waals surface area contributed by atoms with E-state index in [1.807, 2.05) is 0 Å². The first-order chi connectivity index (χ1) is 10.1. The highest BCUT2D eigenvalue weighted by molar-refractivity contribution is 5.76. The van der Waals surface area contributed by atoms with E-state index in [0.717, 1.165) is 31.7 Å². The molecule has 1 unspecified atom stereocenters. The second-order valence-corrected chi connectivity index (χ2v) is 6.73. The average Bonchev–Trinajstić information content (AvgIpc) is 3.03. The van der Waals surface area contributed by atoms with Gasteiger partial charge >= 0.3 is 0 Å². The molecular weight excluding hydrogens is 266 g/mol. The lowest BCUT2D eigenvalue weighted by atomic mass is 9.79. The molecule has 3 heterocycles. The van der Waals surface area contributed by atoms with Gasteiger partial charge in [0.05, 0.1) is 11.9 Å². The molecular formula is C15H25N5O. The van der Waals surface area contributed by atoms with Gasteiger partial charge in [-0.15, -0.1) is 0 Å². The molecule has 0 saturated carbocycles. The highest BCUT2D eigenvalue weighted by Gasteiger charge is 2.41. The first-order valence-electron chi connectivity index (χ1n) is 7.88. The highest BCUT2D eigenvalue weighted by Crippen LogP contribution is 2.38. The number of piperidine rings is 1. The topological polar surface area (TPSA) is 54.3 Å². The van der Waals surface area contributed by atoms with E-state index >= 15 is 0 Å². The van der Waals surface area contributed by atoms with Crippen molar-refractivity contribution >= 4 is 5.91 Å². The summed E-state index contributed by atoms with van der Waals surface area (Å²) in [5, 5.41) is 8.27. The van der Waals surface area contributed by atoms with Gasteiger partial charge in [-0.2, -0.15) is 15.0 Å². The zero-order valence-electron chi connectivity index (χ0n) is 13.1. The summed E-state index contributed by atoms with van der Waals surface area (Å²) in [6.45, 7) is 4.20. The summed E-state index contributed by atoms with van der Waals surface area (Å²) < 4.78 is 0. The number of amides is 1. The molecule has 3 rings (SSSR count). The van der Waals surface area contributed by atoms with Gasteiger partial charge in [-0.25, -0.2) is 0 Å². The number of nitrogens with zero attached hydrogens (tertiary/aromatic N) is 5. The van der Waals surface area contributed by atoms with Crippen LogP contribution < -0.4 is 0 Å². The second kappa shape index (κ2) is 5.75. The Morgan fingerprint density at radius 2 is 2.14 bits per heavy atom. The van der Waals surface area contributed by atoms with Crippen molar-refractivity contribution in [2.24, 2.45) is 12.5 Å². The fourth-order valence-corrected chi connectivity index (χ4v) is 3.83. The van der Waals surface area contributed by atoms with Crippen LogP contribution in [0.5, 0.6) is 0 Å². The highest BCUT2D eigenvalue weighted by atomic mass is 16.2. The standard InChI is InChI=1S/C15H25N5O/c1-18-8-3-6-15(11-18)7-9-20(12-15)14(21)5-4-13-10-16-19(2)17-13/h10H,3-9,11-12H2,1-2H3. The predicted molar refractivity (Wildman–Crippen MR) is 79.7 cm³/mol. The second-order valence-electron chi connectivity index (χ2n) is 6.73. The lowest BCUT2D eigenvalue weighted by molar-refractivity contribution is -0.130. The maximum absolute atomic E-state index is 12.4. The molecule has 6 nitrogen and oxygen atoms in total. The Labute approximate surface area is 126 Å². The van der Waals surface area contributed by atoms with Crippen molar-refractivity contribution in [2.75, 3.05) is 33.2 Å². The van der Waals surface area contributed by atoms with E-state index in [-0.39, 0.29) is 5.91 Å². The number of aryl methyl sites for hydroxylation is 2. The molecule has 116 valence electrons. The normalized spacial score (nSPS) is 26.7. The van der Waals surface area contributed by atoms with E-state index in [4.69, 9.17) is 0 Å². The third-order valence-corrected chi connectivity index (χ3v) is 4.89. The van der Waals surface area contributed by atoms with Gasteiger partial charge in [-0.3, -0.25) is 4.79 Å². The van der Waals surface area contributed by atoms with Crippen LogP contribution >= 0.6 is 0 Å². The van der Waals surface area contributed by atoms with Crippen LogP contribution in [0, 0.1) is 5.41 Å². The summed E-state index contributed by atoms with van der Waals surface area (Å²) >= 11 is 0. The van der Waals surface area contributed by atoms with Crippen LogP contribution in [0.3, 0.4) is 0 Å². The predicted octanol–water partition coefficient (Wildman–Crippen LogP) is 0.692. The van der Waals surface area contributed by atoms with E-state index < -0.39 is 0 Å². The SMILES string of the molecule is CN1CCCC2(CCN(C(=O)CCc3cnn(C)n3)C2)C1. The monoisotopic (exact) mass is 291 g/mol. The number of likely N-dealkylation sites (tertiary alicyclic amines) is 2. The minimum Gasteiger partial charge on any atom is -0.342 e. The Bertz CT molecular complexity index is 514. The van der Waals surface area contributed by atoms with Crippen LogP contribution in [-0.2, 0) is 18.3 Å². The minimum atomic E-state index is 0.269. The van der Waals surface area contributed by atoms with Crippen molar-refractivity contribution in [3.8, 4) is 0 Å². The molecule has 0 aliphatic carbocycles. The number of hydrogen-bond donors (Lipinski definition) is 0. The number of rotatable bonds is 3. The molecule has 6 heteroatoms. The maximum atomic E-state index is 12.4. The van der Waals surface area contributed by atoms with Crippen molar-refractivity contribution in [3.63, 3.8) is 0 Å². The molecule has 1 aromatic rings. The van der Waals surface area contributed by atoms with Crippen molar-refractivity contribution in [1.29, 1.82) is 0 Å². The number of hydrogen-bond acceptors (Lipinski definition) is 4. The van der Waals surface area contributed by atoms with Crippen LogP contribution in [0.4, 0.5) is 0 Å². The lowest BCUT2D eigenvalue weighted by Crippen LogP contribution is -2.43. The number of carbonyl (C=O) groups is 1. The van der Waals surface area contributed by atoms with E-state index in [0.29, 0.717) is 18.3 Å². The largest absolute Gasteiger partial charge is 0.342 e. The third-order valence-electron chi connectivity index (χ3n) is 4.89.